The van der Waals surface area contributed by atoms with E-state index in [9.17, 15) is 9.59 Å². The van der Waals surface area contributed by atoms with E-state index in [0.29, 0.717) is 33.5 Å². The number of benzene rings is 3. The Kier molecular flexibility index (Phi) is 7.24. The first-order valence-corrected chi connectivity index (χ1v) is 12.1. The Morgan fingerprint density at radius 3 is 2.61 bits per heavy atom. The highest BCUT2D eigenvalue weighted by Crippen LogP contribution is 2.30. The van der Waals surface area contributed by atoms with Crippen molar-refractivity contribution in [2.24, 2.45) is 0 Å². The lowest BCUT2D eigenvalue weighted by atomic mass is 10.2. The van der Waals surface area contributed by atoms with Gasteiger partial charge in [-0.2, -0.15) is 9.78 Å². The number of ether oxygens (including phenoxy) is 1. The fraction of sp³-hybridized carbons (Fsp3) is 0.0690. The summed E-state index contributed by atoms with van der Waals surface area (Å²) in [5.41, 5.74) is 2.30. The second kappa shape index (κ2) is 11.1. The van der Waals surface area contributed by atoms with Crippen LogP contribution in [0.2, 0.25) is 5.02 Å². The van der Waals surface area contributed by atoms with E-state index in [1.165, 1.54) is 10.9 Å². The Balaban J connectivity index is 1.48. The summed E-state index contributed by atoms with van der Waals surface area (Å²) in [5, 5.41) is 10.8. The molecule has 38 heavy (non-hydrogen) atoms. The molecule has 190 valence electrons. The van der Waals surface area contributed by atoms with E-state index in [0.717, 1.165) is 5.56 Å². The maximum absolute atomic E-state index is 13.6. The summed E-state index contributed by atoms with van der Waals surface area (Å²) in [7, 11) is 0. The van der Waals surface area contributed by atoms with Crippen LogP contribution in [0.3, 0.4) is 0 Å². The lowest BCUT2D eigenvalue weighted by molar-refractivity contribution is 0.0948. The van der Waals surface area contributed by atoms with E-state index in [4.69, 9.17) is 20.8 Å². The molecule has 5 rings (SSSR count). The Labute approximate surface area is 223 Å². The summed E-state index contributed by atoms with van der Waals surface area (Å²) >= 11 is 6.11. The number of nitrogens with zero attached hydrogens (tertiary/aromatic N) is 2. The van der Waals surface area contributed by atoms with E-state index in [1.54, 1.807) is 66.9 Å². The average Bonchev–Trinajstić information content (AvgIpc) is 3.44. The molecule has 0 spiro atoms. The summed E-state index contributed by atoms with van der Waals surface area (Å²) in [6.07, 6.45) is 3.01. The van der Waals surface area contributed by atoms with Crippen molar-refractivity contribution >= 4 is 28.9 Å². The molecule has 2 N–H and O–H groups in total. The lowest BCUT2D eigenvalue weighted by Gasteiger charge is -2.15. The molecule has 0 aliphatic rings. The monoisotopic (exact) mass is 526 g/mol. The molecule has 0 radical (unpaired) electrons. The number of halogens is 1. The third-order valence-corrected chi connectivity index (χ3v) is 5.88. The van der Waals surface area contributed by atoms with Gasteiger partial charge in [-0.25, -0.2) is 0 Å². The van der Waals surface area contributed by atoms with Crippen LogP contribution in [0.1, 0.15) is 21.7 Å². The minimum absolute atomic E-state index is 0.147. The fourth-order valence-electron chi connectivity index (χ4n) is 3.72. The average molecular weight is 527 g/mol. The number of aromatic nitrogens is 2. The molecule has 1 amide bonds. The number of hydrogen-bond donors (Lipinski definition) is 2. The summed E-state index contributed by atoms with van der Waals surface area (Å²) in [5.74, 6) is 1.00. The topological polar surface area (TPSA) is 98.4 Å². The van der Waals surface area contributed by atoms with Gasteiger partial charge in [-0.05, 0) is 67.6 Å². The van der Waals surface area contributed by atoms with Crippen LogP contribution in [0, 0.1) is 6.92 Å². The fourth-order valence-corrected chi connectivity index (χ4v) is 3.90. The number of furan rings is 1. The minimum Gasteiger partial charge on any atom is -0.467 e. The van der Waals surface area contributed by atoms with Gasteiger partial charge in [0.1, 0.15) is 11.5 Å². The van der Waals surface area contributed by atoms with Crippen molar-refractivity contribution in [3.63, 3.8) is 0 Å². The molecule has 2 aromatic heterocycles. The first kappa shape index (κ1) is 24.9. The normalized spacial score (nSPS) is 10.7. The third kappa shape index (κ3) is 5.77. The smallest absolute Gasteiger partial charge is 0.299 e. The van der Waals surface area contributed by atoms with Crippen LogP contribution in [0.5, 0.6) is 11.5 Å². The molecular weight excluding hydrogens is 504 g/mol. The molecule has 0 aliphatic carbocycles. The van der Waals surface area contributed by atoms with Gasteiger partial charge in [0, 0.05) is 16.3 Å². The van der Waals surface area contributed by atoms with Gasteiger partial charge < -0.3 is 19.8 Å². The number of anilines is 2. The van der Waals surface area contributed by atoms with Gasteiger partial charge in [-0.1, -0.05) is 41.4 Å². The van der Waals surface area contributed by atoms with Crippen LogP contribution in [-0.4, -0.2) is 15.7 Å². The molecular formula is C29H23ClN4O4. The van der Waals surface area contributed by atoms with Crippen LogP contribution in [0.4, 0.5) is 11.4 Å². The number of carbonyl (C=O) groups is 1. The largest absolute Gasteiger partial charge is 0.467 e. The molecule has 3 aromatic carbocycles. The summed E-state index contributed by atoms with van der Waals surface area (Å²) < 4.78 is 12.5. The van der Waals surface area contributed by atoms with Crippen molar-refractivity contribution in [3.8, 4) is 17.2 Å². The first-order chi connectivity index (χ1) is 18.5. The van der Waals surface area contributed by atoms with Crippen molar-refractivity contribution in [2.75, 3.05) is 5.32 Å². The van der Waals surface area contributed by atoms with Gasteiger partial charge in [-0.15, -0.1) is 0 Å². The number of rotatable bonds is 8. The minimum atomic E-state index is -0.430. The van der Waals surface area contributed by atoms with Crippen LogP contribution < -0.4 is 20.9 Å². The van der Waals surface area contributed by atoms with Crippen LogP contribution in [0.15, 0.2) is 107 Å². The van der Waals surface area contributed by atoms with Crippen molar-refractivity contribution in [3.05, 3.63) is 130 Å². The lowest BCUT2D eigenvalue weighted by Crippen LogP contribution is -2.24. The van der Waals surface area contributed by atoms with E-state index >= 15 is 0 Å². The molecule has 0 fully saturated rings. The van der Waals surface area contributed by atoms with Crippen LogP contribution in [-0.2, 0) is 6.54 Å². The van der Waals surface area contributed by atoms with Gasteiger partial charge in [0.15, 0.2) is 11.4 Å². The zero-order chi connectivity index (χ0) is 26.5. The van der Waals surface area contributed by atoms with Gasteiger partial charge in [-0.3, -0.25) is 9.59 Å². The molecule has 0 aliphatic heterocycles. The molecule has 8 nitrogen and oxygen atoms in total. The highest BCUT2D eigenvalue weighted by molar-refractivity contribution is 6.30. The number of nitrogens with one attached hydrogen (secondary N) is 2. The van der Waals surface area contributed by atoms with E-state index in [1.807, 2.05) is 31.2 Å². The standard InChI is InChI=1S/C29H23ClN4O4/c1-19-10-12-23(13-11-19)34-29(36)27(26(18-32-34)38-24-8-3-6-21(30)16-24)33-22-7-2-5-20(15-22)28(35)31-17-25-9-4-14-37-25/h2-16,18,33H,17H2,1H3,(H,31,35). The second-order valence-electron chi connectivity index (χ2n) is 8.46. The summed E-state index contributed by atoms with van der Waals surface area (Å²) in [4.78, 5) is 26.4. The molecule has 9 heteroatoms. The Morgan fingerprint density at radius 1 is 1.03 bits per heavy atom. The van der Waals surface area contributed by atoms with Crippen molar-refractivity contribution in [1.82, 2.24) is 15.1 Å². The predicted molar refractivity (Wildman–Crippen MR) is 146 cm³/mol. The summed E-state index contributed by atoms with van der Waals surface area (Å²) in [6.45, 7) is 2.22. The number of amides is 1. The number of aryl methyl sites for hydroxylation is 1. The number of carbonyl (C=O) groups excluding carboxylic acids is 1. The van der Waals surface area contributed by atoms with Gasteiger partial charge >= 0.3 is 0 Å². The van der Waals surface area contributed by atoms with E-state index in [2.05, 4.69) is 15.7 Å². The zero-order valence-corrected chi connectivity index (χ0v) is 21.1. The molecule has 0 unspecified atom stereocenters. The van der Waals surface area contributed by atoms with Crippen molar-refractivity contribution < 1.29 is 13.9 Å². The SMILES string of the molecule is Cc1ccc(-n2ncc(Oc3cccc(Cl)c3)c(Nc3cccc(C(=O)NCc4ccco4)c3)c2=O)cc1. The molecule has 0 saturated heterocycles. The van der Waals surface area contributed by atoms with Crippen LogP contribution in [0.25, 0.3) is 5.69 Å². The highest BCUT2D eigenvalue weighted by atomic mass is 35.5. The van der Waals surface area contributed by atoms with E-state index in [-0.39, 0.29) is 23.9 Å². The number of hydrogen-bond acceptors (Lipinski definition) is 6. The Morgan fingerprint density at radius 2 is 1.84 bits per heavy atom. The maximum atomic E-state index is 13.6. The van der Waals surface area contributed by atoms with E-state index < -0.39 is 5.56 Å². The Bertz CT molecular complexity index is 1630. The third-order valence-electron chi connectivity index (χ3n) is 5.64. The van der Waals surface area contributed by atoms with Gasteiger partial charge in [0.25, 0.3) is 11.5 Å². The van der Waals surface area contributed by atoms with Crippen LogP contribution >= 0.6 is 11.6 Å². The highest BCUT2D eigenvalue weighted by Gasteiger charge is 2.16. The summed E-state index contributed by atoms with van der Waals surface area (Å²) in [6, 6.07) is 24.6. The molecule has 2 heterocycles. The quantitative estimate of drug-likeness (QED) is 0.248. The first-order valence-electron chi connectivity index (χ1n) is 11.8. The molecule has 0 bridgehead atoms. The molecule has 0 saturated carbocycles. The van der Waals surface area contributed by atoms with Crippen molar-refractivity contribution in [1.29, 1.82) is 0 Å². The van der Waals surface area contributed by atoms with Gasteiger partial charge in [0.2, 0.25) is 0 Å². The molecule has 0 atom stereocenters. The predicted octanol–water partition coefficient (Wildman–Crippen LogP) is 6.25. The second-order valence-corrected chi connectivity index (χ2v) is 8.90. The van der Waals surface area contributed by atoms with Crippen molar-refractivity contribution in [2.45, 2.75) is 13.5 Å². The molecule has 5 aromatic rings. The zero-order valence-electron chi connectivity index (χ0n) is 20.4. The maximum Gasteiger partial charge on any atom is 0.299 e. The van der Waals surface area contributed by atoms with Gasteiger partial charge in [0.05, 0.1) is 24.7 Å². The Hall–Kier alpha value is -4.82.